The standard InChI is InChI=1S/C9H4Cl2N4O3/c10-7-1-6(15(17)18)2-8(11)9(7)14-3-5(4-16)12-13-14/h1-4H. The molecule has 1 aromatic heterocycles. The number of non-ortho nitro benzene ring substituents is 1. The van der Waals surface area contributed by atoms with Gasteiger partial charge in [-0.05, 0) is 0 Å². The zero-order valence-electron chi connectivity index (χ0n) is 8.58. The van der Waals surface area contributed by atoms with Gasteiger partial charge in [0.25, 0.3) is 5.69 Å². The molecule has 0 spiro atoms. The Labute approximate surface area is 110 Å². The first-order chi connectivity index (χ1) is 8.52. The number of nitro benzene ring substituents is 1. The molecule has 1 aromatic carbocycles. The van der Waals surface area contributed by atoms with Crippen molar-refractivity contribution in [1.29, 1.82) is 0 Å². The van der Waals surface area contributed by atoms with Crippen LogP contribution in [-0.2, 0) is 0 Å². The minimum Gasteiger partial charge on any atom is -0.296 e. The van der Waals surface area contributed by atoms with E-state index in [1.54, 1.807) is 0 Å². The molecule has 0 atom stereocenters. The van der Waals surface area contributed by atoms with Gasteiger partial charge in [0.05, 0.1) is 21.2 Å². The summed E-state index contributed by atoms with van der Waals surface area (Å²) in [6, 6.07) is 2.29. The number of hydrogen-bond donors (Lipinski definition) is 0. The molecular formula is C9H4Cl2N4O3. The SMILES string of the molecule is O=Cc1cn(-c2c(Cl)cc([N+](=O)[O-])cc2Cl)nn1. The number of benzene rings is 1. The van der Waals surface area contributed by atoms with Crippen molar-refractivity contribution in [2.75, 3.05) is 0 Å². The molecule has 0 N–H and O–H groups in total. The molecule has 7 nitrogen and oxygen atoms in total. The largest absolute Gasteiger partial charge is 0.296 e. The Hall–Kier alpha value is -1.99. The van der Waals surface area contributed by atoms with Crippen LogP contribution in [0, 0.1) is 10.1 Å². The quantitative estimate of drug-likeness (QED) is 0.490. The Balaban J connectivity index is 2.57. The number of aldehydes is 1. The fourth-order valence-electron chi connectivity index (χ4n) is 1.32. The van der Waals surface area contributed by atoms with Crippen molar-refractivity contribution < 1.29 is 9.72 Å². The topological polar surface area (TPSA) is 90.9 Å². The van der Waals surface area contributed by atoms with Crippen LogP contribution in [0.25, 0.3) is 5.69 Å². The van der Waals surface area contributed by atoms with Crippen molar-refractivity contribution in [2.24, 2.45) is 0 Å². The number of carbonyl (C=O) groups is 1. The summed E-state index contributed by atoms with van der Waals surface area (Å²) < 4.78 is 1.18. The second kappa shape index (κ2) is 4.71. The van der Waals surface area contributed by atoms with Crippen LogP contribution in [0.3, 0.4) is 0 Å². The summed E-state index contributed by atoms with van der Waals surface area (Å²) in [6.45, 7) is 0. The molecule has 0 bridgehead atoms. The number of rotatable bonds is 3. The molecule has 0 aliphatic carbocycles. The predicted molar refractivity (Wildman–Crippen MR) is 63.4 cm³/mol. The maximum atomic E-state index is 10.6. The van der Waals surface area contributed by atoms with E-state index in [1.165, 1.54) is 10.9 Å². The number of halogens is 2. The molecule has 18 heavy (non-hydrogen) atoms. The third-order valence-electron chi connectivity index (χ3n) is 2.07. The fraction of sp³-hybridized carbons (Fsp3) is 0. The van der Waals surface area contributed by atoms with Gasteiger partial charge >= 0.3 is 0 Å². The molecule has 2 rings (SSSR count). The highest BCUT2D eigenvalue weighted by Crippen LogP contribution is 2.32. The summed E-state index contributed by atoms with van der Waals surface area (Å²) in [5.41, 5.74) is 0.0921. The number of hydrogen-bond acceptors (Lipinski definition) is 5. The number of nitro groups is 1. The van der Waals surface area contributed by atoms with E-state index in [-0.39, 0.29) is 27.1 Å². The van der Waals surface area contributed by atoms with E-state index >= 15 is 0 Å². The van der Waals surface area contributed by atoms with Crippen molar-refractivity contribution >= 4 is 35.2 Å². The van der Waals surface area contributed by atoms with Gasteiger partial charge in [-0.25, -0.2) is 4.68 Å². The molecule has 0 fully saturated rings. The molecule has 0 saturated heterocycles. The summed E-state index contributed by atoms with van der Waals surface area (Å²) >= 11 is 11.8. The lowest BCUT2D eigenvalue weighted by atomic mass is 10.3. The minimum absolute atomic E-state index is 0.0385. The van der Waals surface area contributed by atoms with Gasteiger partial charge in [-0.3, -0.25) is 14.9 Å². The molecule has 0 saturated carbocycles. The second-order valence-corrected chi connectivity index (χ2v) is 4.04. The molecule has 9 heteroatoms. The van der Waals surface area contributed by atoms with Crippen LogP contribution in [0.4, 0.5) is 5.69 Å². The minimum atomic E-state index is -0.611. The van der Waals surface area contributed by atoms with Crippen molar-refractivity contribution in [3.8, 4) is 5.69 Å². The molecule has 0 aliphatic heterocycles. The Bertz CT molecular complexity index is 617. The number of nitrogens with zero attached hydrogens (tertiary/aromatic N) is 4. The number of carbonyl (C=O) groups excluding carboxylic acids is 1. The molecule has 1 heterocycles. The lowest BCUT2D eigenvalue weighted by Gasteiger charge is -2.05. The molecule has 0 radical (unpaired) electrons. The first-order valence-electron chi connectivity index (χ1n) is 4.54. The molecule has 2 aromatic rings. The molecule has 92 valence electrons. The average Bonchev–Trinajstić information content (AvgIpc) is 2.76. The molecule has 0 aliphatic rings. The second-order valence-electron chi connectivity index (χ2n) is 3.22. The van der Waals surface area contributed by atoms with E-state index in [0.29, 0.717) is 6.29 Å². The molecule has 0 unspecified atom stereocenters. The first-order valence-corrected chi connectivity index (χ1v) is 5.30. The summed E-state index contributed by atoms with van der Waals surface area (Å²) in [6.07, 6.45) is 1.82. The van der Waals surface area contributed by atoms with E-state index in [0.717, 1.165) is 12.1 Å². The maximum absolute atomic E-state index is 10.6. The van der Waals surface area contributed by atoms with Gasteiger partial charge in [0.15, 0.2) is 6.29 Å². The van der Waals surface area contributed by atoms with Crippen LogP contribution >= 0.6 is 23.2 Å². The van der Waals surface area contributed by atoms with Gasteiger partial charge < -0.3 is 0 Å². The van der Waals surface area contributed by atoms with Gasteiger partial charge in [-0.2, -0.15) is 0 Å². The lowest BCUT2D eigenvalue weighted by Crippen LogP contribution is -1.99. The van der Waals surface area contributed by atoms with Crippen LogP contribution in [0.15, 0.2) is 18.3 Å². The Morgan fingerprint density at radius 1 is 1.33 bits per heavy atom. The maximum Gasteiger partial charge on any atom is 0.272 e. The third-order valence-corrected chi connectivity index (χ3v) is 2.65. The van der Waals surface area contributed by atoms with Crippen LogP contribution in [0.2, 0.25) is 10.0 Å². The highest BCUT2D eigenvalue weighted by atomic mass is 35.5. The zero-order chi connectivity index (χ0) is 13.3. The van der Waals surface area contributed by atoms with Gasteiger partial charge in [0.2, 0.25) is 0 Å². The van der Waals surface area contributed by atoms with Crippen molar-refractivity contribution in [1.82, 2.24) is 15.0 Å². The van der Waals surface area contributed by atoms with Gasteiger partial charge in [0, 0.05) is 12.1 Å². The van der Waals surface area contributed by atoms with Crippen LogP contribution in [-0.4, -0.2) is 26.2 Å². The molecular weight excluding hydrogens is 283 g/mol. The summed E-state index contributed by atoms with van der Waals surface area (Å²) in [5, 5.41) is 17.9. The monoisotopic (exact) mass is 286 g/mol. The van der Waals surface area contributed by atoms with E-state index in [4.69, 9.17) is 23.2 Å². The van der Waals surface area contributed by atoms with E-state index in [2.05, 4.69) is 10.3 Å². The van der Waals surface area contributed by atoms with E-state index in [1.807, 2.05) is 0 Å². The highest BCUT2D eigenvalue weighted by molar-refractivity contribution is 6.38. The summed E-state index contributed by atoms with van der Waals surface area (Å²) in [4.78, 5) is 20.5. The van der Waals surface area contributed by atoms with Gasteiger partial charge in [-0.1, -0.05) is 28.4 Å². The van der Waals surface area contributed by atoms with Crippen LogP contribution < -0.4 is 0 Å². The van der Waals surface area contributed by atoms with Crippen molar-refractivity contribution in [3.63, 3.8) is 0 Å². The Morgan fingerprint density at radius 3 is 2.39 bits per heavy atom. The smallest absolute Gasteiger partial charge is 0.272 e. The van der Waals surface area contributed by atoms with E-state index in [9.17, 15) is 14.9 Å². The zero-order valence-corrected chi connectivity index (χ0v) is 10.1. The van der Waals surface area contributed by atoms with Gasteiger partial charge in [0.1, 0.15) is 11.4 Å². The first kappa shape index (κ1) is 12.5. The number of aromatic nitrogens is 3. The van der Waals surface area contributed by atoms with Crippen molar-refractivity contribution in [2.45, 2.75) is 0 Å². The third kappa shape index (κ3) is 2.18. The lowest BCUT2D eigenvalue weighted by molar-refractivity contribution is -0.384. The molecule has 0 amide bonds. The fourth-order valence-corrected chi connectivity index (χ4v) is 1.97. The normalized spacial score (nSPS) is 10.3. The predicted octanol–water partition coefficient (Wildman–Crippen LogP) is 2.29. The Kier molecular flexibility index (Phi) is 3.26. The van der Waals surface area contributed by atoms with E-state index < -0.39 is 4.92 Å². The average molecular weight is 287 g/mol. The summed E-state index contributed by atoms with van der Waals surface area (Å²) in [7, 11) is 0. The van der Waals surface area contributed by atoms with Crippen molar-refractivity contribution in [3.05, 3.63) is 44.2 Å². The van der Waals surface area contributed by atoms with Gasteiger partial charge in [-0.15, -0.1) is 5.10 Å². The van der Waals surface area contributed by atoms with Crippen LogP contribution in [0.5, 0.6) is 0 Å². The Morgan fingerprint density at radius 2 is 1.94 bits per heavy atom. The van der Waals surface area contributed by atoms with Crippen LogP contribution in [0.1, 0.15) is 10.5 Å². The highest BCUT2D eigenvalue weighted by Gasteiger charge is 2.17. The summed E-state index contributed by atoms with van der Waals surface area (Å²) in [5.74, 6) is 0.